The van der Waals surface area contributed by atoms with Crippen molar-refractivity contribution in [3.63, 3.8) is 0 Å². The van der Waals surface area contributed by atoms with Crippen molar-refractivity contribution in [2.45, 2.75) is 54.6 Å². The van der Waals surface area contributed by atoms with Crippen LogP contribution in [0.1, 0.15) is 42.7 Å². The second-order valence-electron chi connectivity index (χ2n) is 11.0. The average molecular weight is 576 g/mol. The Morgan fingerprint density at radius 1 is 0.927 bits per heavy atom. The van der Waals surface area contributed by atoms with Crippen molar-refractivity contribution in [3.8, 4) is 0 Å². The number of thioether (sulfide) groups is 1. The molecule has 5 rings (SSSR count). The Morgan fingerprint density at radius 3 is 1.95 bits per heavy atom. The number of fused-ring (bicyclic) bond motifs is 1. The number of hydrogen-bond acceptors (Lipinski definition) is 6. The maximum Gasteiger partial charge on any atom is 0.327 e. The van der Waals surface area contributed by atoms with Crippen LogP contribution in [0.2, 0.25) is 0 Å². The van der Waals surface area contributed by atoms with Crippen molar-refractivity contribution in [2.24, 2.45) is 0 Å². The van der Waals surface area contributed by atoms with E-state index in [2.05, 4.69) is 17.4 Å². The fourth-order valence-corrected chi connectivity index (χ4v) is 7.02. The molecule has 0 aromatic heterocycles. The van der Waals surface area contributed by atoms with Gasteiger partial charge in [-0.1, -0.05) is 91.0 Å². The Labute approximate surface area is 245 Å². The van der Waals surface area contributed by atoms with Gasteiger partial charge in [-0.05, 0) is 44.6 Å². The van der Waals surface area contributed by atoms with E-state index in [9.17, 15) is 24.6 Å². The van der Waals surface area contributed by atoms with E-state index in [-0.39, 0.29) is 29.7 Å². The van der Waals surface area contributed by atoms with Crippen molar-refractivity contribution >= 4 is 29.5 Å². The van der Waals surface area contributed by atoms with Gasteiger partial charge in [-0.3, -0.25) is 14.5 Å². The number of β-lactam (4-membered cyclic amide) rings is 1. The summed E-state index contributed by atoms with van der Waals surface area (Å²) < 4.78 is -0.578. The molecule has 2 aliphatic rings. The van der Waals surface area contributed by atoms with Gasteiger partial charge in [0.05, 0.1) is 18.6 Å². The predicted octanol–water partition coefficient (Wildman–Crippen LogP) is 3.88. The van der Waals surface area contributed by atoms with Gasteiger partial charge < -0.3 is 20.4 Å². The highest BCUT2D eigenvalue weighted by Gasteiger charge is 2.64. The number of benzene rings is 3. The van der Waals surface area contributed by atoms with Gasteiger partial charge in [-0.25, -0.2) is 4.79 Å². The number of carboxylic acid groups (broad SMARTS) is 1. The maximum absolute atomic E-state index is 12.3. The van der Waals surface area contributed by atoms with Gasteiger partial charge in [0.15, 0.2) is 0 Å². The molecule has 8 nitrogen and oxygen atoms in total. The van der Waals surface area contributed by atoms with Crippen molar-refractivity contribution in [1.29, 1.82) is 0 Å². The molecule has 41 heavy (non-hydrogen) atoms. The van der Waals surface area contributed by atoms with Gasteiger partial charge in [0, 0.05) is 4.75 Å². The second-order valence-corrected chi connectivity index (χ2v) is 12.8. The van der Waals surface area contributed by atoms with Crippen LogP contribution < -0.4 is 5.32 Å². The summed E-state index contributed by atoms with van der Waals surface area (Å²) in [5.74, 6) is -1.55. The molecule has 0 spiro atoms. The fourth-order valence-electron chi connectivity index (χ4n) is 5.40. The number of rotatable bonds is 8. The first kappa shape index (κ1) is 30.3. The van der Waals surface area contributed by atoms with E-state index >= 15 is 0 Å². The van der Waals surface area contributed by atoms with Crippen LogP contribution in [0.5, 0.6) is 0 Å². The van der Waals surface area contributed by atoms with Gasteiger partial charge in [0.25, 0.3) is 0 Å². The molecule has 3 aromatic rings. The number of nitrogens with one attached hydrogen (secondary N) is 1. The number of amides is 2. The zero-order valence-corrected chi connectivity index (χ0v) is 24.5. The Hall–Kier alpha value is -3.66. The molecule has 0 bridgehead atoms. The van der Waals surface area contributed by atoms with Gasteiger partial charge in [-0.2, -0.15) is 0 Å². The molecular formula is C32H37N3O5S. The smallest absolute Gasteiger partial charge is 0.327 e. The summed E-state index contributed by atoms with van der Waals surface area (Å²) in [4.78, 5) is 39.2. The molecule has 3 aromatic carbocycles. The van der Waals surface area contributed by atoms with E-state index in [0.717, 1.165) is 16.7 Å². The van der Waals surface area contributed by atoms with E-state index in [1.165, 1.54) is 16.7 Å². The maximum atomic E-state index is 12.3. The summed E-state index contributed by atoms with van der Waals surface area (Å²) >= 11 is 1.42. The van der Waals surface area contributed by atoms with E-state index in [1.807, 2.05) is 112 Å². The summed E-state index contributed by atoms with van der Waals surface area (Å²) in [5, 5.41) is 22.4. The first-order valence-electron chi connectivity index (χ1n) is 13.5. The van der Waals surface area contributed by atoms with Crippen LogP contribution in [0.3, 0.4) is 0 Å². The molecule has 0 saturated carbocycles. The van der Waals surface area contributed by atoms with Crippen LogP contribution in [-0.4, -0.2) is 74.1 Å². The molecule has 5 atom stereocenters. The van der Waals surface area contributed by atoms with Crippen LogP contribution in [0, 0.1) is 0 Å². The number of nitrogens with zero attached hydrogens (tertiary/aromatic N) is 2. The fraction of sp³-hybridized carbons (Fsp3) is 0.344. The molecule has 0 aliphatic carbocycles. The Morgan fingerprint density at radius 2 is 1.44 bits per heavy atom. The standard InChI is InChI=1S/C16H18N2O4S.C16H19NO/c1-16(2)12(15(21)22)18-13(20)11(14(18)23-16)17-10(19)8-9-6-4-3-5-7-9;1-17(2)15(13-9-5-3-6-10-13)16(18)14-11-7-4-8-12-14/h3-7,11-12,14H,8H2,1-2H3,(H,17,19)(H,21,22);3-12,15-16,18H,1-2H3. The molecule has 5 unspecified atom stereocenters. The summed E-state index contributed by atoms with van der Waals surface area (Å²) in [6, 6.07) is 27.6. The number of aliphatic hydroxyl groups is 1. The van der Waals surface area contributed by atoms with E-state index in [4.69, 9.17) is 0 Å². The van der Waals surface area contributed by atoms with Crippen molar-refractivity contribution in [2.75, 3.05) is 14.1 Å². The highest BCUT2D eigenvalue weighted by Crippen LogP contribution is 2.50. The molecule has 2 saturated heterocycles. The summed E-state index contributed by atoms with van der Waals surface area (Å²) in [7, 11) is 3.98. The van der Waals surface area contributed by atoms with Crippen LogP contribution >= 0.6 is 11.8 Å². The Bertz CT molecular complexity index is 1340. The molecule has 2 heterocycles. The summed E-state index contributed by atoms with van der Waals surface area (Å²) in [5.41, 5.74) is 2.94. The van der Waals surface area contributed by atoms with Gasteiger partial charge in [-0.15, -0.1) is 11.8 Å². The molecule has 3 N–H and O–H groups in total. The minimum absolute atomic E-state index is 0.0337. The van der Waals surface area contributed by atoms with Crippen LogP contribution in [0.15, 0.2) is 91.0 Å². The normalized spacial score (nSPS) is 22.0. The third-order valence-electron chi connectivity index (χ3n) is 7.34. The third kappa shape index (κ3) is 6.81. The van der Waals surface area contributed by atoms with Crippen LogP contribution in [0.4, 0.5) is 0 Å². The number of aliphatic hydroxyl groups excluding tert-OH is 1. The lowest BCUT2D eigenvalue weighted by molar-refractivity contribution is -0.161. The third-order valence-corrected chi connectivity index (χ3v) is 8.91. The highest BCUT2D eigenvalue weighted by molar-refractivity contribution is 8.01. The second kappa shape index (κ2) is 12.9. The zero-order chi connectivity index (χ0) is 29.7. The molecule has 2 aliphatic heterocycles. The summed E-state index contributed by atoms with van der Waals surface area (Å²) in [6.45, 7) is 3.62. The zero-order valence-electron chi connectivity index (χ0n) is 23.7. The molecular weight excluding hydrogens is 538 g/mol. The molecule has 2 amide bonds. The number of hydrogen-bond donors (Lipinski definition) is 3. The van der Waals surface area contributed by atoms with Crippen molar-refractivity contribution in [1.82, 2.24) is 15.1 Å². The monoisotopic (exact) mass is 575 g/mol. The number of carboxylic acids is 1. The first-order valence-corrected chi connectivity index (χ1v) is 14.4. The van der Waals surface area contributed by atoms with Gasteiger partial charge in [0.1, 0.15) is 17.5 Å². The molecule has 9 heteroatoms. The Balaban J connectivity index is 0.000000195. The van der Waals surface area contributed by atoms with Crippen LogP contribution in [-0.2, 0) is 20.8 Å². The quantitative estimate of drug-likeness (QED) is 0.350. The number of carbonyl (C=O) groups excluding carboxylic acids is 2. The lowest BCUT2D eigenvalue weighted by atomic mass is 9.95. The predicted molar refractivity (Wildman–Crippen MR) is 160 cm³/mol. The minimum Gasteiger partial charge on any atom is -0.480 e. The van der Waals surface area contributed by atoms with Crippen LogP contribution in [0.25, 0.3) is 0 Å². The van der Waals surface area contributed by atoms with E-state index in [1.54, 1.807) is 0 Å². The number of carbonyl (C=O) groups is 3. The number of aliphatic carboxylic acids is 1. The largest absolute Gasteiger partial charge is 0.480 e. The van der Waals surface area contributed by atoms with Gasteiger partial charge in [0.2, 0.25) is 11.8 Å². The molecule has 216 valence electrons. The molecule has 0 radical (unpaired) electrons. The highest BCUT2D eigenvalue weighted by atomic mass is 32.2. The van der Waals surface area contributed by atoms with E-state index < -0.39 is 28.9 Å². The summed E-state index contributed by atoms with van der Waals surface area (Å²) in [6.07, 6.45) is -0.322. The average Bonchev–Trinajstić information content (AvgIpc) is 3.21. The molecule has 2 fully saturated rings. The lowest BCUT2D eigenvalue weighted by Gasteiger charge is -2.43. The number of likely N-dealkylation sites (N-methyl/N-ethyl adjacent to an activating group) is 1. The minimum atomic E-state index is -1.01. The van der Waals surface area contributed by atoms with Gasteiger partial charge >= 0.3 is 5.97 Å². The first-order chi connectivity index (χ1) is 19.5. The van der Waals surface area contributed by atoms with E-state index in [0.29, 0.717) is 0 Å². The topological polar surface area (TPSA) is 110 Å². The van der Waals surface area contributed by atoms with Crippen molar-refractivity contribution < 1.29 is 24.6 Å². The van der Waals surface area contributed by atoms with Crippen molar-refractivity contribution in [3.05, 3.63) is 108 Å². The Kier molecular flexibility index (Phi) is 9.53. The SMILES string of the molecule is CC1(C)SC2C(NC(=O)Cc3ccccc3)C(=O)N2C1C(=O)O.CN(C)C(c1ccccc1)C(O)c1ccccc1. The lowest BCUT2D eigenvalue weighted by Crippen LogP contribution is -2.70.